The third-order valence-electron chi connectivity index (χ3n) is 2.14. The summed E-state index contributed by atoms with van der Waals surface area (Å²) in [6.45, 7) is 0. The number of esters is 1. The monoisotopic (exact) mass is 206 g/mol. The van der Waals surface area contributed by atoms with E-state index < -0.39 is 6.10 Å². The summed E-state index contributed by atoms with van der Waals surface area (Å²) < 4.78 is 5.20. The van der Waals surface area contributed by atoms with Crippen molar-refractivity contribution in [2.45, 2.75) is 18.9 Å². The third-order valence-corrected chi connectivity index (χ3v) is 2.84. The van der Waals surface area contributed by atoms with Crippen molar-refractivity contribution in [1.82, 2.24) is 0 Å². The minimum absolute atomic E-state index is 0.101. The smallest absolute Gasteiger partial charge is 0.310 e. The number of hydrogen-bond acceptors (Lipinski definition) is 3. The average molecular weight is 206 g/mol. The van der Waals surface area contributed by atoms with Gasteiger partial charge in [-0.25, -0.2) is 0 Å². The van der Waals surface area contributed by atoms with E-state index in [1.54, 1.807) is 11.3 Å². The first kappa shape index (κ1) is 9.29. The lowest BCUT2D eigenvalue weighted by Crippen LogP contribution is -2.10. The molecule has 0 spiro atoms. The molecule has 1 atom stereocenters. The van der Waals surface area contributed by atoms with Crippen LogP contribution in [-0.2, 0) is 9.53 Å². The molecule has 1 unspecified atom stereocenters. The van der Waals surface area contributed by atoms with Gasteiger partial charge >= 0.3 is 5.97 Å². The van der Waals surface area contributed by atoms with Gasteiger partial charge in [-0.3, -0.25) is 4.79 Å². The predicted octanol–water partition coefficient (Wildman–Crippen LogP) is 2.38. The van der Waals surface area contributed by atoms with Gasteiger partial charge in [0.25, 0.3) is 0 Å². The molecule has 1 aromatic heterocycles. The quantitative estimate of drug-likeness (QED) is 0.560. The number of rotatable bonds is 3. The van der Waals surface area contributed by atoms with Crippen molar-refractivity contribution in [2.24, 2.45) is 5.92 Å². The number of thiophene rings is 1. The van der Waals surface area contributed by atoms with Gasteiger partial charge in [-0.15, -0.1) is 6.42 Å². The van der Waals surface area contributed by atoms with E-state index in [0.717, 1.165) is 18.4 Å². The average Bonchev–Trinajstić information content (AvgIpc) is 2.91. The zero-order chi connectivity index (χ0) is 9.97. The molecular weight excluding hydrogens is 196 g/mol. The fraction of sp³-hybridized carbons (Fsp3) is 0.364. The van der Waals surface area contributed by atoms with E-state index in [-0.39, 0.29) is 11.9 Å². The van der Waals surface area contributed by atoms with Crippen LogP contribution in [0.1, 0.15) is 24.5 Å². The standard InChI is InChI=1S/C11H10O2S/c1-2-10(9-5-6-14-7-9)13-11(12)8-3-4-8/h1,5-8,10H,3-4H2. The van der Waals surface area contributed by atoms with E-state index in [9.17, 15) is 4.79 Å². The highest BCUT2D eigenvalue weighted by molar-refractivity contribution is 7.07. The van der Waals surface area contributed by atoms with E-state index in [4.69, 9.17) is 11.2 Å². The molecule has 0 N–H and O–H groups in total. The maximum atomic E-state index is 11.4. The molecule has 1 aliphatic carbocycles. The van der Waals surface area contributed by atoms with E-state index in [1.165, 1.54) is 0 Å². The Labute approximate surface area is 86.9 Å². The molecule has 1 fully saturated rings. The molecule has 1 heterocycles. The number of terminal acetylenes is 1. The van der Waals surface area contributed by atoms with E-state index in [0.29, 0.717) is 0 Å². The van der Waals surface area contributed by atoms with Crippen LogP contribution in [0.4, 0.5) is 0 Å². The Hall–Kier alpha value is -1.27. The minimum Gasteiger partial charge on any atom is -0.444 e. The Morgan fingerprint density at radius 3 is 3.00 bits per heavy atom. The van der Waals surface area contributed by atoms with Gasteiger partial charge in [-0.05, 0) is 29.7 Å². The second kappa shape index (κ2) is 3.85. The fourth-order valence-electron chi connectivity index (χ4n) is 1.15. The summed E-state index contributed by atoms with van der Waals surface area (Å²) in [6.07, 6.45) is 6.69. The lowest BCUT2D eigenvalue weighted by molar-refractivity contribution is -0.148. The van der Waals surface area contributed by atoms with Crippen LogP contribution in [0, 0.1) is 18.3 Å². The van der Waals surface area contributed by atoms with Gasteiger partial charge < -0.3 is 4.74 Å². The zero-order valence-electron chi connectivity index (χ0n) is 7.60. The van der Waals surface area contributed by atoms with Crippen molar-refractivity contribution >= 4 is 17.3 Å². The van der Waals surface area contributed by atoms with Crippen LogP contribution in [0.5, 0.6) is 0 Å². The zero-order valence-corrected chi connectivity index (χ0v) is 8.42. The van der Waals surface area contributed by atoms with E-state index >= 15 is 0 Å². The molecule has 0 radical (unpaired) electrons. The predicted molar refractivity (Wildman–Crippen MR) is 54.7 cm³/mol. The first-order valence-corrected chi connectivity index (χ1v) is 5.44. The van der Waals surface area contributed by atoms with Gasteiger partial charge in [-0.2, -0.15) is 11.3 Å². The molecule has 0 bridgehead atoms. The van der Waals surface area contributed by atoms with Gasteiger partial charge in [0.2, 0.25) is 0 Å². The van der Waals surface area contributed by atoms with Crippen molar-refractivity contribution < 1.29 is 9.53 Å². The maximum absolute atomic E-state index is 11.4. The van der Waals surface area contributed by atoms with Crippen LogP contribution in [0.2, 0.25) is 0 Å². The van der Waals surface area contributed by atoms with Gasteiger partial charge in [0.1, 0.15) is 0 Å². The normalized spacial score (nSPS) is 17.1. The molecule has 2 rings (SSSR count). The lowest BCUT2D eigenvalue weighted by Gasteiger charge is -2.10. The molecule has 0 amide bonds. The van der Waals surface area contributed by atoms with Gasteiger partial charge in [0.05, 0.1) is 5.92 Å². The van der Waals surface area contributed by atoms with Crippen LogP contribution in [0.15, 0.2) is 16.8 Å². The topological polar surface area (TPSA) is 26.3 Å². The molecule has 0 aromatic carbocycles. The summed E-state index contributed by atoms with van der Waals surface area (Å²) in [6, 6.07) is 1.88. The van der Waals surface area contributed by atoms with Crippen molar-refractivity contribution in [1.29, 1.82) is 0 Å². The number of carbonyl (C=O) groups is 1. The Kier molecular flexibility index (Phi) is 2.55. The van der Waals surface area contributed by atoms with E-state index in [1.807, 2.05) is 16.8 Å². The van der Waals surface area contributed by atoms with Gasteiger partial charge in [-0.1, -0.05) is 5.92 Å². The lowest BCUT2D eigenvalue weighted by atomic mass is 10.2. The van der Waals surface area contributed by atoms with Crippen molar-refractivity contribution in [3.63, 3.8) is 0 Å². The largest absolute Gasteiger partial charge is 0.444 e. The summed E-state index contributed by atoms with van der Waals surface area (Å²) in [5.41, 5.74) is 0.895. The number of carbonyl (C=O) groups excluding carboxylic acids is 1. The summed E-state index contributed by atoms with van der Waals surface area (Å²) in [4.78, 5) is 11.4. The molecule has 2 nitrogen and oxygen atoms in total. The fourth-order valence-corrected chi connectivity index (χ4v) is 1.83. The Balaban J connectivity index is 2.00. The van der Waals surface area contributed by atoms with Crippen LogP contribution < -0.4 is 0 Å². The van der Waals surface area contributed by atoms with Crippen LogP contribution >= 0.6 is 11.3 Å². The summed E-state index contributed by atoms with van der Waals surface area (Å²) >= 11 is 1.55. The Morgan fingerprint density at radius 1 is 1.71 bits per heavy atom. The van der Waals surface area contributed by atoms with Crippen LogP contribution in [-0.4, -0.2) is 5.97 Å². The highest BCUT2D eigenvalue weighted by Gasteiger charge is 2.32. The first-order chi connectivity index (χ1) is 6.81. The molecule has 0 aliphatic heterocycles. The molecule has 1 aromatic rings. The van der Waals surface area contributed by atoms with Crippen molar-refractivity contribution in [3.8, 4) is 12.3 Å². The SMILES string of the molecule is C#CC(OC(=O)C1CC1)c1ccsc1. The second-order valence-electron chi connectivity index (χ2n) is 3.31. The molecule has 72 valence electrons. The van der Waals surface area contributed by atoms with Crippen LogP contribution in [0.25, 0.3) is 0 Å². The third kappa shape index (κ3) is 1.97. The van der Waals surface area contributed by atoms with Crippen LogP contribution in [0.3, 0.4) is 0 Å². The van der Waals surface area contributed by atoms with Crippen molar-refractivity contribution in [3.05, 3.63) is 22.4 Å². The van der Waals surface area contributed by atoms with Gasteiger partial charge in [0, 0.05) is 5.56 Å². The summed E-state index contributed by atoms with van der Waals surface area (Å²) in [7, 11) is 0. The van der Waals surface area contributed by atoms with Gasteiger partial charge in [0.15, 0.2) is 6.10 Å². The highest BCUT2D eigenvalue weighted by atomic mass is 32.1. The molecule has 1 aliphatic rings. The Bertz CT molecular complexity index is 357. The maximum Gasteiger partial charge on any atom is 0.310 e. The minimum atomic E-state index is -0.505. The second-order valence-corrected chi connectivity index (χ2v) is 4.09. The molecule has 1 saturated carbocycles. The molecular formula is C11H10O2S. The Morgan fingerprint density at radius 2 is 2.50 bits per heavy atom. The highest BCUT2D eigenvalue weighted by Crippen LogP contribution is 2.32. The van der Waals surface area contributed by atoms with Crippen molar-refractivity contribution in [2.75, 3.05) is 0 Å². The summed E-state index contributed by atoms with van der Waals surface area (Å²) in [5.74, 6) is 2.43. The molecule has 3 heteroatoms. The molecule has 14 heavy (non-hydrogen) atoms. The number of hydrogen-bond donors (Lipinski definition) is 0. The molecule has 0 saturated heterocycles. The first-order valence-electron chi connectivity index (χ1n) is 4.50. The van der Waals surface area contributed by atoms with E-state index in [2.05, 4.69) is 5.92 Å². The summed E-state index contributed by atoms with van der Waals surface area (Å²) in [5, 5.41) is 3.83. The number of ether oxygens (including phenoxy) is 1.